The molecule has 3 nitrogen and oxygen atoms in total. The average molecular weight is 282 g/mol. The van der Waals surface area contributed by atoms with E-state index in [1.54, 1.807) is 6.07 Å². The Morgan fingerprint density at radius 3 is 2.95 bits per heavy atom. The highest BCUT2D eigenvalue weighted by Crippen LogP contribution is 2.30. The van der Waals surface area contributed by atoms with E-state index >= 15 is 0 Å². The molecule has 1 N–H and O–H groups in total. The maximum Gasteiger partial charge on any atom is 0.227 e. The molecule has 0 aliphatic carbocycles. The van der Waals surface area contributed by atoms with Crippen LogP contribution in [0.1, 0.15) is 32.8 Å². The molecule has 1 aromatic carbocycles. The van der Waals surface area contributed by atoms with E-state index in [1.807, 2.05) is 26.0 Å². The summed E-state index contributed by atoms with van der Waals surface area (Å²) in [6.07, 6.45) is 1.58. The fourth-order valence-electron chi connectivity index (χ4n) is 2.06. The van der Waals surface area contributed by atoms with Gasteiger partial charge in [0.05, 0.1) is 5.92 Å². The lowest BCUT2D eigenvalue weighted by molar-refractivity contribution is -0.128. The molecule has 1 amide bonds. The third kappa shape index (κ3) is 3.41. The van der Waals surface area contributed by atoms with Crippen molar-refractivity contribution in [1.29, 1.82) is 0 Å². The van der Waals surface area contributed by atoms with Gasteiger partial charge in [0.25, 0.3) is 0 Å². The summed E-state index contributed by atoms with van der Waals surface area (Å²) in [5.41, 5.74) is 0.833. The number of halogens is 1. The van der Waals surface area contributed by atoms with Gasteiger partial charge in [0.15, 0.2) is 0 Å². The van der Waals surface area contributed by atoms with Crippen molar-refractivity contribution in [2.24, 2.45) is 5.92 Å². The number of fused-ring (bicyclic) bond motifs is 1. The summed E-state index contributed by atoms with van der Waals surface area (Å²) in [4.78, 5) is 12.2. The number of ether oxygens (including phenoxy) is 1. The van der Waals surface area contributed by atoms with Crippen molar-refractivity contribution >= 4 is 17.5 Å². The van der Waals surface area contributed by atoms with Crippen LogP contribution in [0.15, 0.2) is 18.2 Å². The van der Waals surface area contributed by atoms with E-state index in [2.05, 4.69) is 12.2 Å². The van der Waals surface area contributed by atoms with Gasteiger partial charge < -0.3 is 10.1 Å². The van der Waals surface area contributed by atoms with E-state index in [9.17, 15) is 4.79 Å². The number of benzene rings is 1. The number of rotatable bonds is 3. The van der Waals surface area contributed by atoms with Gasteiger partial charge >= 0.3 is 0 Å². The second kappa shape index (κ2) is 5.41. The van der Waals surface area contributed by atoms with Gasteiger partial charge in [-0.25, -0.2) is 0 Å². The zero-order valence-corrected chi connectivity index (χ0v) is 12.4. The van der Waals surface area contributed by atoms with Crippen LogP contribution in [0.4, 0.5) is 0 Å². The predicted octanol–water partition coefficient (Wildman–Crippen LogP) is 3.20. The van der Waals surface area contributed by atoms with E-state index < -0.39 is 0 Å². The number of amides is 1. The first-order chi connectivity index (χ1) is 8.91. The molecule has 104 valence electrons. The average Bonchev–Trinajstić information content (AvgIpc) is 2.37. The molecule has 0 spiro atoms. The van der Waals surface area contributed by atoms with Crippen molar-refractivity contribution in [3.05, 3.63) is 28.8 Å². The highest BCUT2D eigenvalue weighted by molar-refractivity contribution is 6.30. The van der Waals surface area contributed by atoms with Crippen molar-refractivity contribution in [1.82, 2.24) is 5.32 Å². The summed E-state index contributed by atoms with van der Waals surface area (Å²) >= 11 is 5.98. The highest BCUT2D eigenvalue weighted by Gasteiger charge is 2.29. The van der Waals surface area contributed by atoms with Gasteiger partial charge in [0.1, 0.15) is 12.4 Å². The van der Waals surface area contributed by atoms with E-state index in [1.165, 1.54) is 0 Å². The van der Waals surface area contributed by atoms with Crippen LogP contribution in [0.25, 0.3) is 0 Å². The lowest BCUT2D eigenvalue weighted by Gasteiger charge is -2.30. The van der Waals surface area contributed by atoms with Crippen molar-refractivity contribution < 1.29 is 9.53 Å². The molecule has 1 aliphatic rings. The van der Waals surface area contributed by atoms with E-state index in [4.69, 9.17) is 16.3 Å². The van der Waals surface area contributed by atoms with Gasteiger partial charge in [0, 0.05) is 10.6 Å². The molecule has 1 aromatic rings. The van der Waals surface area contributed by atoms with Gasteiger partial charge in [-0.1, -0.05) is 18.5 Å². The Bertz CT molecular complexity index is 485. The van der Waals surface area contributed by atoms with Gasteiger partial charge in [-0.15, -0.1) is 0 Å². The summed E-state index contributed by atoms with van der Waals surface area (Å²) in [5, 5.41) is 3.75. The van der Waals surface area contributed by atoms with Gasteiger partial charge in [0.2, 0.25) is 5.91 Å². The molecule has 0 saturated heterocycles. The van der Waals surface area contributed by atoms with Crippen molar-refractivity contribution in [3.63, 3.8) is 0 Å². The quantitative estimate of drug-likeness (QED) is 0.924. The largest absolute Gasteiger partial charge is 0.492 e. The molecule has 0 aromatic heterocycles. The Balaban J connectivity index is 2.07. The van der Waals surface area contributed by atoms with E-state index in [0.717, 1.165) is 17.7 Å². The predicted molar refractivity (Wildman–Crippen MR) is 76.7 cm³/mol. The zero-order chi connectivity index (χ0) is 14.0. The van der Waals surface area contributed by atoms with Crippen molar-refractivity contribution in [2.45, 2.75) is 39.2 Å². The Hall–Kier alpha value is -1.22. The summed E-state index contributed by atoms with van der Waals surface area (Å²) in [5.74, 6) is 0.748. The Morgan fingerprint density at radius 1 is 1.53 bits per heavy atom. The molecule has 4 heteroatoms. The fraction of sp³-hybridized carbons (Fsp3) is 0.533. The molecule has 0 bridgehead atoms. The van der Waals surface area contributed by atoms with Crippen LogP contribution in [0, 0.1) is 5.92 Å². The topological polar surface area (TPSA) is 38.3 Å². The van der Waals surface area contributed by atoms with Crippen molar-refractivity contribution in [3.8, 4) is 5.75 Å². The third-order valence-electron chi connectivity index (χ3n) is 3.65. The second-order valence-electron chi connectivity index (χ2n) is 5.69. The second-order valence-corrected chi connectivity index (χ2v) is 6.13. The molecular formula is C15H20ClNO2. The van der Waals surface area contributed by atoms with E-state index in [0.29, 0.717) is 18.1 Å². The maximum absolute atomic E-state index is 12.2. The van der Waals surface area contributed by atoms with Crippen LogP contribution in [0.3, 0.4) is 0 Å². The molecule has 1 atom stereocenters. The zero-order valence-electron chi connectivity index (χ0n) is 11.6. The first kappa shape index (κ1) is 14.2. The van der Waals surface area contributed by atoms with Crippen LogP contribution in [0.5, 0.6) is 5.75 Å². The SMILES string of the molecule is CCC(C)(C)NC(=O)[C@@H]1COc2ccc(Cl)cc2C1. The van der Waals surface area contributed by atoms with Crippen molar-refractivity contribution in [2.75, 3.05) is 6.61 Å². The molecule has 0 unspecified atom stereocenters. The minimum atomic E-state index is -0.175. The summed E-state index contributed by atoms with van der Waals surface area (Å²) in [6.45, 7) is 6.55. The van der Waals surface area contributed by atoms with Gasteiger partial charge in [-0.2, -0.15) is 0 Å². The molecule has 0 radical (unpaired) electrons. The monoisotopic (exact) mass is 281 g/mol. The molecule has 1 aliphatic heterocycles. The molecule has 0 fully saturated rings. The Labute approximate surface area is 119 Å². The molecule has 0 saturated carbocycles. The number of nitrogens with one attached hydrogen (secondary N) is 1. The normalized spacial score (nSPS) is 18.4. The van der Waals surface area contributed by atoms with E-state index in [-0.39, 0.29) is 17.4 Å². The van der Waals surface area contributed by atoms with Crippen LogP contribution in [-0.2, 0) is 11.2 Å². The minimum absolute atomic E-state index is 0.0532. The lowest BCUT2D eigenvalue weighted by Crippen LogP contribution is -2.47. The molecular weight excluding hydrogens is 262 g/mol. The summed E-state index contributed by atoms with van der Waals surface area (Å²) in [6, 6.07) is 5.55. The van der Waals surface area contributed by atoms with Gasteiger partial charge in [-0.05, 0) is 50.5 Å². The number of carbonyl (C=O) groups excluding carboxylic acids is 1. The molecule has 1 heterocycles. The van der Waals surface area contributed by atoms with Crippen LogP contribution >= 0.6 is 11.6 Å². The minimum Gasteiger partial charge on any atom is -0.492 e. The Kier molecular flexibility index (Phi) is 4.04. The van der Waals surface area contributed by atoms with Crippen LogP contribution in [-0.4, -0.2) is 18.1 Å². The fourth-order valence-corrected chi connectivity index (χ4v) is 2.25. The summed E-state index contributed by atoms with van der Waals surface area (Å²) < 4.78 is 5.64. The highest BCUT2D eigenvalue weighted by atomic mass is 35.5. The summed E-state index contributed by atoms with van der Waals surface area (Å²) in [7, 11) is 0. The Morgan fingerprint density at radius 2 is 2.26 bits per heavy atom. The number of hydrogen-bond donors (Lipinski definition) is 1. The standard InChI is InChI=1S/C15H20ClNO2/c1-4-15(2,3)17-14(18)11-7-10-8-12(16)5-6-13(10)19-9-11/h5-6,8,11H,4,7,9H2,1-3H3,(H,17,18)/t11-/m0/s1. The maximum atomic E-state index is 12.2. The first-order valence-electron chi connectivity index (χ1n) is 6.64. The molecule has 2 rings (SSSR count). The third-order valence-corrected chi connectivity index (χ3v) is 3.88. The molecule has 19 heavy (non-hydrogen) atoms. The number of carbonyl (C=O) groups is 1. The van der Waals surface area contributed by atoms with Crippen LogP contribution < -0.4 is 10.1 Å². The van der Waals surface area contributed by atoms with Crippen LogP contribution in [0.2, 0.25) is 5.02 Å². The first-order valence-corrected chi connectivity index (χ1v) is 7.02. The lowest BCUT2D eigenvalue weighted by atomic mass is 9.94. The van der Waals surface area contributed by atoms with Gasteiger partial charge in [-0.3, -0.25) is 4.79 Å². The number of hydrogen-bond acceptors (Lipinski definition) is 2. The smallest absolute Gasteiger partial charge is 0.227 e.